The van der Waals surface area contributed by atoms with Gasteiger partial charge in [0.15, 0.2) is 0 Å². The minimum Gasteiger partial charge on any atom is -0.462 e. The van der Waals surface area contributed by atoms with E-state index in [1.165, 1.54) is 4.88 Å². The predicted molar refractivity (Wildman–Crippen MR) is 109 cm³/mol. The first-order chi connectivity index (χ1) is 12.8. The largest absolute Gasteiger partial charge is 0.462 e. The Hall–Kier alpha value is -2.14. The van der Waals surface area contributed by atoms with Crippen LogP contribution in [-0.2, 0) is 16.6 Å². The minimum atomic E-state index is -0.277. The van der Waals surface area contributed by atoms with Gasteiger partial charge in [-0.25, -0.2) is 4.79 Å². The first kappa shape index (κ1) is 19.6. The summed E-state index contributed by atoms with van der Waals surface area (Å²) >= 11 is 1.70. The summed E-state index contributed by atoms with van der Waals surface area (Å²) in [4.78, 5) is 27.8. The van der Waals surface area contributed by atoms with Crippen molar-refractivity contribution in [2.24, 2.45) is 0 Å². The van der Waals surface area contributed by atoms with Crippen molar-refractivity contribution in [3.63, 3.8) is 0 Å². The average molecular weight is 386 g/mol. The van der Waals surface area contributed by atoms with Crippen LogP contribution in [0.1, 0.15) is 82.6 Å². The van der Waals surface area contributed by atoms with Crippen molar-refractivity contribution in [3.8, 4) is 0 Å². The highest BCUT2D eigenvalue weighted by Crippen LogP contribution is 2.44. The number of nitrogens with one attached hydrogen (secondary N) is 1. The van der Waals surface area contributed by atoms with E-state index in [2.05, 4.69) is 26.1 Å². The topological polar surface area (TPSA) is 55.4 Å². The molecule has 0 bridgehead atoms. The normalized spacial score (nSPS) is 16.5. The molecule has 1 heterocycles. The number of carbonyl (C=O) groups excluding carboxylic acids is 2. The molecule has 1 aromatic heterocycles. The molecule has 1 unspecified atom stereocenters. The zero-order chi connectivity index (χ0) is 19.6. The zero-order valence-corrected chi connectivity index (χ0v) is 17.2. The third-order valence-corrected chi connectivity index (χ3v) is 6.46. The summed E-state index contributed by atoms with van der Waals surface area (Å²) < 4.78 is 5.38. The van der Waals surface area contributed by atoms with E-state index in [-0.39, 0.29) is 23.3 Å². The molecule has 2 aromatic rings. The highest BCUT2D eigenvalue weighted by atomic mass is 32.1. The lowest BCUT2D eigenvalue weighted by Crippen LogP contribution is -2.32. The van der Waals surface area contributed by atoms with Crippen LogP contribution in [0.2, 0.25) is 0 Å². The lowest BCUT2D eigenvalue weighted by atomic mass is 9.85. The van der Waals surface area contributed by atoms with Crippen LogP contribution in [0.4, 0.5) is 0 Å². The van der Waals surface area contributed by atoms with Gasteiger partial charge in [-0.05, 0) is 43.7 Å². The van der Waals surface area contributed by atoms with Gasteiger partial charge in [-0.3, -0.25) is 4.79 Å². The number of ether oxygens (including phenoxy) is 1. The molecule has 1 aliphatic carbocycles. The quantitative estimate of drug-likeness (QED) is 0.751. The number of amides is 1. The second-order valence-corrected chi connectivity index (χ2v) is 9.00. The molecule has 0 saturated carbocycles. The number of thiophene rings is 1. The van der Waals surface area contributed by atoms with Crippen molar-refractivity contribution in [2.45, 2.75) is 58.4 Å². The summed E-state index contributed by atoms with van der Waals surface area (Å²) in [5, 5.41) is 3.15. The molecule has 0 fully saturated rings. The average Bonchev–Trinajstić information content (AvgIpc) is 3.04. The number of esters is 1. The lowest BCUT2D eigenvalue weighted by Gasteiger charge is -2.25. The molecule has 0 aliphatic heterocycles. The van der Waals surface area contributed by atoms with Crippen LogP contribution in [0.3, 0.4) is 0 Å². The van der Waals surface area contributed by atoms with E-state index in [0.717, 1.165) is 29.7 Å². The molecule has 3 rings (SSSR count). The van der Waals surface area contributed by atoms with Crippen LogP contribution < -0.4 is 5.32 Å². The smallest absolute Gasteiger partial charge is 0.339 e. The van der Waals surface area contributed by atoms with Crippen LogP contribution in [0.5, 0.6) is 0 Å². The molecule has 1 amide bonds. The Morgan fingerprint density at radius 1 is 1.22 bits per heavy atom. The Kier molecular flexibility index (Phi) is 5.70. The summed E-state index contributed by atoms with van der Waals surface area (Å²) in [6.07, 6.45) is 2.78. The van der Waals surface area contributed by atoms with Crippen molar-refractivity contribution < 1.29 is 14.3 Å². The SMILES string of the molecule is CCOC(=O)c1c(C(C)(C)C)sc2c1C(NC(=O)c1ccccc1)CCC2. The number of carbonyl (C=O) groups is 2. The van der Waals surface area contributed by atoms with Gasteiger partial charge >= 0.3 is 5.97 Å². The summed E-state index contributed by atoms with van der Waals surface area (Å²) in [6.45, 7) is 8.51. The van der Waals surface area contributed by atoms with Gasteiger partial charge in [-0.15, -0.1) is 11.3 Å². The van der Waals surface area contributed by atoms with Crippen LogP contribution >= 0.6 is 11.3 Å². The molecule has 1 aromatic carbocycles. The van der Waals surface area contributed by atoms with Gasteiger partial charge in [0.25, 0.3) is 5.91 Å². The number of rotatable bonds is 4. The fraction of sp³-hybridized carbons (Fsp3) is 0.455. The van der Waals surface area contributed by atoms with Crippen molar-refractivity contribution in [3.05, 3.63) is 56.8 Å². The van der Waals surface area contributed by atoms with E-state index in [1.807, 2.05) is 25.1 Å². The van der Waals surface area contributed by atoms with Gasteiger partial charge in [-0.1, -0.05) is 39.0 Å². The van der Waals surface area contributed by atoms with Gasteiger partial charge < -0.3 is 10.1 Å². The highest BCUT2D eigenvalue weighted by molar-refractivity contribution is 7.12. The van der Waals surface area contributed by atoms with Crippen molar-refractivity contribution in [2.75, 3.05) is 6.61 Å². The van der Waals surface area contributed by atoms with Crippen LogP contribution in [0, 0.1) is 0 Å². The molecular formula is C22H27NO3S. The van der Waals surface area contributed by atoms with Crippen molar-refractivity contribution in [1.82, 2.24) is 5.32 Å². The molecule has 5 heteroatoms. The molecule has 144 valence electrons. The number of fused-ring (bicyclic) bond motifs is 1. The molecule has 0 radical (unpaired) electrons. The summed E-state index contributed by atoms with van der Waals surface area (Å²) in [5.74, 6) is -0.382. The Bertz CT molecular complexity index is 833. The Morgan fingerprint density at radius 2 is 1.93 bits per heavy atom. The molecule has 0 saturated heterocycles. The summed E-state index contributed by atoms with van der Waals surface area (Å²) in [6, 6.07) is 9.05. The van der Waals surface area contributed by atoms with E-state index < -0.39 is 0 Å². The van der Waals surface area contributed by atoms with Gasteiger partial charge in [-0.2, -0.15) is 0 Å². The monoisotopic (exact) mass is 385 g/mol. The summed E-state index contributed by atoms with van der Waals surface area (Å²) in [7, 11) is 0. The fourth-order valence-electron chi connectivity index (χ4n) is 3.57. The number of benzene rings is 1. The standard InChI is InChI=1S/C22H27NO3S/c1-5-26-21(25)18-17-15(23-20(24)14-10-7-6-8-11-14)12-9-13-16(17)27-19(18)22(2,3)4/h6-8,10-11,15H,5,9,12-13H2,1-4H3,(H,23,24). The molecule has 1 atom stereocenters. The number of hydrogen-bond acceptors (Lipinski definition) is 4. The zero-order valence-electron chi connectivity index (χ0n) is 16.4. The van der Waals surface area contributed by atoms with Gasteiger partial charge in [0.2, 0.25) is 0 Å². The van der Waals surface area contributed by atoms with Crippen LogP contribution in [0.25, 0.3) is 0 Å². The second kappa shape index (κ2) is 7.85. The second-order valence-electron chi connectivity index (χ2n) is 7.90. The maximum atomic E-state index is 12.8. The molecule has 27 heavy (non-hydrogen) atoms. The molecular weight excluding hydrogens is 358 g/mol. The Labute approximate surface area is 164 Å². The third-order valence-electron chi connectivity index (χ3n) is 4.77. The number of hydrogen-bond donors (Lipinski definition) is 1. The summed E-state index contributed by atoms with van der Waals surface area (Å²) in [5.41, 5.74) is 2.12. The maximum Gasteiger partial charge on any atom is 0.339 e. The Morgan fingerprint density at radius 3 is 2.56 bits per heavy atom. The highest BCUT2D eigenvalue weighted by Gasteiger charge is 2.36. The van der Waals surface area contributed by atoms with E-state index in [4.69, 9.17) is 4.74 Å². The molecule has 4 nitrogen and oxygen atoms in total. The molecule has 0 spiro atoms. The van der Waals surface area contributed by atoms with E-state index in [0.29, 0.717) is 17.7 Å². The van der Waals surface area contributed by atoms with Crippen LogP contribution in [0.15, 0.2) is 30.3 Å². The lowest BCUT2D eigenvalue weighted by molar-refractivity contribution is 0.0521. The van der Waals surface area contributed by atoms with Gasteiger partial charge in [0, 0.05) is 20.9 Å². The minimum absolute atomic E-state index is 0.105. The van der Waals surface area contributed by atoms with Crippen LogP contribution in [-0.4, -0.2) is 18.5 Å². The van der Waals surface area contributed by atoms with Crippen molar-refractivity contribution >= 4 is 23.2 Å². The maximum absolute atomic E-state index is 12.8. The van der Waals surface area contributed by atoms with E-state index in [9.17, 15) is 9.59 Å². The van der Waals surface area contributed by atoms with Crippen molar-refractivity contribution in [1.29, 1.82) is 0 Å². The predicted octanol–water partition coefficient (Wildman–Crippen LogP) is 5.03. The van der Waals surface area contributed by atoms with E-state index in [1.54, 1.807) is 23.5 Å². The van der Waals surface area contributed by atoms with Gasteiger partial charge in [0.05, 0.1) is 18.2 Å². The van der Waals surface area contributed by atoms with E-state index >= 15 is 0 Å². The fourth-order valence-corrected chi connectivity index (χ4v) is 5.01. The Balaban J connectivity index is 2.01. The van der Waals surface area contributed by atoms with Gasteiger partial charge in [0.1, 0.15) is 0 Å². The first-order valence-electron chi connectivity index (χ1n) is 9.52. The molecule has 1 N–H and O–H groups in total. The third kappa shape index (κ3) is 4.08. The number of aryl methyl sites for hydroxylation is 1. The molecule has 1 aliphatic rings. The first-order valence-corrected chi connectivity index (χ1v) is 10.3.